The maximum atomic E-state index is 12.9. The molecule has 0 saturated carbocycles. The van der Waals surface area contributed by atoms with Crippen LogP contribution in [0.1, 0.15) is 55.8 Å². The highest BCUT2D eigenvalue weighted by Gasteiger charge is 2.25. The van der Waals surface area contributed by atoms with E-state index < -0.39 is 0 Å². The molecule has 0 aliphatic carbocycles. The number of hydrogen-bond acceptors (Lipinski definition) is 4. The third kappa shape index (κ3) is 5.21. The highest BCUT2D eigenvalue weighted by Crippen LogP contribution is 2.25. The van der Waals surface area contributed by atoms with Crippen molar-refractivity contribution in [3.63, 3.8) is 0 Å². The van der Waals surface area contributed by atoms with Crippen molar-refractivity contribution >= 4 is 5.91 Å². The molecule has 3 rings (SSSR count). The molecule has 1 aromatic rings. The highest BCUT2D eigenvalue weighted by molar-refractivity contribution is 5.97. The van der Waals surface area contributed by atoms with Crippen LogP contribution >= 0.6 is 0 Å². The molecule has 0 bridgehead atoms. The Kier molecular flexibility index (Phi) is 6.92. The summed E-state index contributed by atoms with van der Waals surface area (Å²) in [7, 11) is 0. The summed E-state index contributed by atoms with van der Waals surface area (Å²) < 4.78 is 6.25. The Labute approximate surface area is 156 Å². The van der Waals surface area contributed by atoms with Crippen LogP contribution in [0, 0.1) is 0 Å². The SMILES string of the molecule is C[C@H](O)CCN1CCC(Oc2ccccc2C(=O)N2CCCCC2)CC1. The van der Waals surface area contributed by atoms with Crippen LogP contribution in [-0.2, 0) is 0 Å². The van der Waals surface area contributed by atoms with E-state index in [1.54, 1.807) is 0 Å². The van der Waals surface area contributed by atoms with Gasteiger partial charge in [0.05, 0.1) is 11.7 Å². The zero-order valence-electron chi connectivity index (χ0n) is 15.9. The molecule has 1 aromatic carbocycles. The summed E-state index contributed by atoms with van der Waals surface area (Å²) in [6.45, 7) is 6.46. The van der Waals surface area contributed by atoms with Crippen LogP contribution in [0.4, 0.5) is 0 Å². The first-order valence-corrected chi connectivity index (χ1v) is 10.1. The number of rotatable bonds is 6. The topological polar surface area (TPSA) is 53.0 Å². The summed E-state index contributed by atoms with van der Waals surface area (Å²) in [6.07, 6.45) is 6.08. The van der Waals surface area contributed by atoms with Gasteiger partial charge in [-0.2, -0.15) is 0 Å². The van der Waals surface area contributed by atoms with Crippen molar-refractivity contribution in [2.75, 3.05) is 32.7 Å². The lowest BCUT2D eigenvalue weighted by atomic mass is 10.1. The van der Waals surface area contributed by atoms with E-state index in [1.807, 2.05) is 36.1 Å². The standard InChI is InChI=1S/C21H32N2O3/c1-17(24)9-14-22-15-10-18(11-16-22)26-20-8-4-3-7-19(20)21(25)23-12-5-2-6-13-23/h3-4,7-8,17-18,24H,2,5-6,9-16H2,1H3/t17-/m0/s1. The predicted octanol–water partition coefficient (Wildman–Crippen LogP) is 2.93. The van der Waals surface area contributed by atoms with Crippen LogP contribution in [0.3, 0.4) is 0 Å². The fourth-order valence-electron chi connectivity index (χ4n) is 3.81. The first kappa shape index (κ1) is 19.2. The Bertz CT molecular complexity index is 576. The Morgan fingerprint density at radius 3 is 2.54 bits per heavy atom. The van der Waals surface area contributed by atoms with Gasteiger partial charge in [-0.05, 0) is 57.6 Å². The minimum Gasteiger partial charge on any atom is -0.489 e. The summed E-state index contributed by atoms with van der Waals surface area (Å²) in [5.74, 6) is 0.833. The van der Waals surface area contributed by atoms with Crippen molar-refractivity contribution in [3.8, 4) is 5.75 Å². The molecule has 0 spiro atoms. The quantitative estimate of drug-likeness (QED) is 0.847. The molecule has 1 amide bonds. The van der Waals surface area contributed by atoms with Crippen molar-refractivity contribution in [1.29, 1.82) is 0 Å². The second-order valence-corrected chi connectivity index (χ2v) is 7.65. The van der Waals surface area contributed by atoms with Gasteiger partial charge in [0.2, 0.25) is 0 Å². The van der Waals surface area contributed by atoms with Gasteiger partial charge in [0, 0.05) is 32.7 Å². The van der Waals surface area contributed by atoms with Gasteiger partial charge >= 0.3 is 0 Å². The number of likely N-dealkylation sites (tertiary alicyclic amines) is 2. The lowest BCUT2D eigenvalue weighted by Crippen LogP contribution is -2.40. The molecular weight excluding hydrogens is 328 g/mol. The first-order chi connectivity index (χ1) is 12.6. The van der Waals surface area contributed by atoms with Gasteiger partial charge in [-0.3, -0.25) is 4.79 Å². The van der Waals surface area contributed by atoms with E-state index in [0.29, 0.717) is 5.56 Å². The molecule has 5 heteroatoms. The van der Waals surface area contributed by atoms with E-state index >= 15 is 0 Å². The summed E-state index contributed by atoms with van der Waals surface area (Å²) in [6, 6.07) is 7.68. The number of nitrogens with zero attached hydrogens (tertiary/aromatic N) is 2. The van der Waals surface area contributed by atoms with Gasteiger partial charge in [0.25, 0.3) is 5.91 Å². The smallest absolute Gasteiger partial charge is 0.257 e. The van der Waals surface area contributed by atoms with Crippen LogP contribution in [0.5, 0.6) is 5.75 Å². The van der Waals surface area contributed by atoms with Gasteiger partial charge in [-0.1, -0.05) is 12.1 Å². The molecule has 5 nitrogen and oxygen atoms in total. The average Bonchev–Trinajstić information content (AvgIpc) is 2.68. The third-order valence-electron chi connectivity index (χ3n) is 5.45. The number of carbonyl (C=O) groups is 1. The van der Waals surface area contributed by atoms with Gasteiger partial charge in [0.15, 0.2) is 0 Å². The van der Waals surface area contributed by atoms with Crippen LogP contribution in [-0.4, -0.2) is 65.7 Å². The van der Waals surface area contributed by atoms with Crippen molar-refractivity contribution in [3.05, 3.63) is 29.8 Å². The molecule has 2 aliphatic heterocycles. The molecule has 0 unspecified atom stereocenters. The fourth-order valence-corrected chi connectivity index (χ4v) is 3.81. The van der Waals surface area contributed by atoms with Crippen molar-refractivity contribution in [2.45, 2.75) is 57.7 Å². The number of ether oxygens (including phenoxy) is 1. The number of carbonyl (C=O) groups excluding carboxylic acids is 1. The largest absolute Gasteiger partial charge is 0.489 e. The number of aliphatic hydroxyl groups excluding tert-OH is 1. The Balaban J connectivity index is 1.56. The van der Waals surface area contributed by atoms with Crippen LogP contribution < -0.4 is 4.74 Å². The van der Waals surface area contributed by atoms with Crippen LogP contribution in [0.2, 0.25) is 0 Å². The molecule has 0 aromatic heterocycles. The number of para-hydroxylation sites is 1. The fraction of sp³-hybridized carbons (Fsp3) is 0.667. The first-order valence-electron chi connectivity index (χ1n) is 10.1. The minimum atomic E-state index is -0.239. The van der Waals surface area contributed by atoms with E-state index in [0.717, 1.165) is 70.6 Å². The maximum absolute atomic E-state index is 12.9. The Hall–Kier alpha value is -1.59. The lowest BCUT2D eigenvalue weighted by molar-refractivity contribution is 0.0698. The van der Waals surface area contributed by atoms with Crippen molar-refractivity contribution in [1.82, 2.24) is 9.80 Å². The molecule has 26 heavy (non-hydrogen) atoms. The van der Waals surface area contributed by atoms with Gasteiger partial charge in [-0.25, -0.2) is 0 Å². The van der Waals surface area contributed by atoms with Crippen LogP contribution in [0.15, 0.2) is 24.3 Å². The van der Waals surface area contributed by atoms with E-state index in [-0.39, 0.29) is 18.1 Å². The Morgan fingerprint density at radius 2 is 1.85 bits per heavy atom. The van der Waals surface area contributed by atoms with E-state index in [1.165, 1.54) is 6.42 Å². The van der Waals surface area contributed by atoms with Gasteiger partial charge < -0.3 is 19.6 Å². The van der Waals surface area contributed by atoms with E-state index in [9.17, 15) is 9.90 Å². The summed E-state index contributed by atoms with van der Waals surface area (Å²) in [5, 5.41) is 9.43. The maximum Gasteiger partial charge on any atom is 0.257 e. The summed E-state index contributed by atoms with van der Waals surface area (Å²) in [5.41, 5.74) is 0.700. The monoisotopic (exact) mass is 360 g/mol. The second-order valence-electron chi connectivity index (χ2n) is 7.65. The average molecular weight is 360 g/mol. The minimum absolute atomic E-state index is 0.106. The highest BCUT2D eigenvalue weighted by atomic mass is 16.5. The van der Waals surface area contributed by atoms with Crippen molar-refractivity contribution < 1.29 is 14.6 Å². The molecular formula is C21H32N2O3. The second kappa shape index (κ2) is 9.38. The molecule has 2 fully saturated rings. The zero-order valence-corrected chi connectivity index (χ0v) is 15.9. The summed E-state index contributed by atoms with van der Waals surface area (Å²) >= 11 is 0. The number of aliphatic hydroxyl groups is 1. The predicted molar refractivity (Wildman–Crippen MR) is 103 cm³/mol. The van der Waals surface area contributed by atoms with Crippen molar-refractivity contribution in [2.24, 2.45) is 0 Å². The molecule has 2 heterocycles. The molecule has 144 valence electrons. The molecule has 0 radical (unpaired) electrons. The number of amides is 1. The number of piperidine rings is 2. The molecule has 1 atom stereocenters. The third-order valence-corrected chi connectivity index (χ3v) is 5.45. The molecule has 1 N–H and O–H groups in total. The van der Waals surface area contributed by atoms with E-state index in [4.69, 9.17) is 4.74 Å². The lowest BCUT2D eigenvalue weighted by Gasteiger charge is -2.33. The van der Waals surface area contributed by atoms with Gasteiger partial charge in [-0.15, -0.1) is 0 Å². The van der Waals surface area contributed by atoms with E-state index in [2.05, 4.69) is 4.90 Å². The number of hydrogen-bond donors (Lipinski definition) is 1. The zero-order chi connectivity index (χ0) is 18.4. The summed E-state index contributed by atoms with van der Waals surface area (Å²) in [4.78, 5) is 17.2. The van der Waals surface area contributed by atoms with Gasteiger partial charge in [0.1, 0.15) is 11.9 Å². The van der Waals surface area contributed by atoms with Crippen LogP contribution in [0.25, 0.3) is 0 Å². The Morgan fingerprint density at radius 1 is 1.15 bits per heavy atom. The molecule has 2 aliphatic rings. The normalized spacial score (nSPS) is 20.8. The molecule has 2 saturated heterocycles. The number of benzene rings is 1.